The lowest BCUT2D eigenvalue weighted by molar-refractivity contribution is 0.102. The van der Waals surface area contributed by atoms with E-state index >= 15 is 0 Å². The van der Waals surface area contributed by atoms with Crippen molar-refractivity contribution in [2.75, 3.05) is 17.7 Å². The van der Waals surface area contributed by atoms with Crippen LogP contribution in [-0.2, 0) is 0 Å². The fraction of sp³-hybridized carbons (Fsp3) is 0.100. The summed E-state index contributed by atoms with van der Waals surface area (Å²) in [7, 11) is 1.56. The Balaban J connectivity index is 1.83. The van der Waals surface area contributed by atoms with Crippen molar-refractivity contribution in [2.24, 2.45) is 0 Å². The van der Waals surface area contributed by atoms with Crippen LogP contribution >= 0.6 is 0 Å². The van der Waals surface area contributed by atoms with Crippen LogP contribution in [0.15, 0.2) is 54.7 Å². The number of aromatic nitrogens is 1. The van der Waals surface area contributed by atoms with Crippen molar-refractivity contribution in [1.82, 2.24) is 4.98 Å². The number of nitrogens with one attached hydrogen (secondary N) is 2. The Morgan fingerprint density at radius 1 is 1.07 bits per heavy atom. The number of aryl methyl sites for hydroxylation is 1. The molecule has 1 heterocycles. The zero-order chi connectivity index (χ0) is 19.4. The van der Waals surface area contributed by atoms with Gasteiger partial charge in [-0.2, -0.15) is 0 Å². The first-order valence-corrected chi connectivity index (χ1v) is 8.11. The fourth-order valence-corrected chi connectivity index (χ4v) is 2.50. The molecule has 0 unspecified atom stereocenters. The molecule has 0 aliphatic heterocycles. The van der Waals surface area contributed by atoms with Gasteiger partial charge in [-0.05, 0) is 48.9 Å². The Bertz CT molecular complexity index is 972. The second-order valence-corrected chi connectivity index (χ2v) is 5.81. The maximum absolute atomic E-state index is 13.7. The molecule has 1 amide bonds. The van der Waals surface area contributed by atoms with Crippen molar-refractivity contribution in [3.8, 4) is 5.75 Å². The summed E-state index contributed by atoms with van der Waals surface area (Å²) in [6.07, 6.45) is 1.43. The first kappa shape index (κ1) is 18.3. The number of carbonyl (C=O) groups excluding carboxylic acids is 1. The molecule has 0 atom stereocenters. The highest BCUT2D eigenvalue weighted by Crippen LogP contribution is 2.28. The first-order valence-electron chi connectivity index (χ1n) is 8.11. The van der Waals surface area contributed by atoms with Gasteiger partial charge in [0.2, 0.25) is 0 Å². The maximum atomic E-state index is 13.7. The number of hydrogen-bond donors (Lipinski definition) is 2. The van der Waals surface area contributed by atoms with Crippen molar-refractivity contribution in [3.05, 3.63) is 77.6 Å². The molecule has 138 valence electrons. The van der Waals surface area contributed by atoms with Gasteiger partial charge >= 0.3 is 0 Å². The van der Waals surface area contributed by atoms with E-state index < -0.39 is 23.2 Å². The molecule has 27 heavy (non-hydrogen) atoms. The van der Waals surface area contributed by atoms with Crippen LogP contribution in [0.3, 0.4) is 0 Å². The van der Waals surface area contributed by atoms with E-state index in [1.54, 1.807) is 13.2 Å². The van der Waals surface area contributed by atoms with Gasteiger partial charge in [0, 0.05) is 11.9 Å². The normalized spacial score (nSPS) is 10.4. The van der Waals surface area contributed by atoms with Crippen LogP contribution < -0.4 is 15.4 Å². The third-order valence-electron chi connectivity index (χ3n) is 3.83. The lowest BCUT2D eigenvalue weighted by atomic mass is 10.2. The van der Waals surface area contributed by atoms with E-state index in [0.29, 0.717) is 11.4 Å². The molecule has 2 N–H and O–H groups in total. The van der Waals surface area contributed by atoms with E-state index in [-0.39, 0.29) is 5.69 Å². The molecule has 0 bridgehead atoms. The summed E-state index contributed by atoms with van der Waals surface area (Å²) in [5.41, 5.74) is 1.82. The summed E-state index contributed by atoms with van der Waals surface area (Å²) in [5, 5.41) is 5.37. The highest BCUT2D eigenvalue weighted by Gasteiger charge is 2.15. The molecule has 0 radical (unpaired) electrons. The molecule has 0 saturated heterocycles. The quantitative estimate of drug-likeness (QED) is 0.686. The number of pyridine rings is 1. The molecule has 0 spiro atoms. The number of amides is 1. The average molecular weight is 369 g/mol. The van der Waals surface area contributed by atoms with E-state index in [4.69, 9.17) is 4.74 Å². The van der Waals surface area contributed by atoms with Gasteiger partial charge in [0.25, 0.3) is 5.91 Å². The monoisotopic (exact) mass is 369 g/mol. The molecule has 5 nitrogen and oxygen atoms in total. The van der Waals surface area contributed by atoms with Gasteiger partial charge in [-0.3, -0.25) is 9.78 Å². The number of methoxy groups -OCH3 is 1. The molecular formula is C20H17F2N3O2. The summed E-state index contributed by atoms with van der Waals surface area (Å²) in [5.74, 6) is -1.81. The van der Waals surface area contributed by atoms with Crippen LogP contribution in [-0.4, -0.2) is 18.0 Å². The van der Waals surface area contributed by atoms with Gasteiger partial charge in [0.05, 0.1) is 12.8 Å². The number of rotatable bonds is 5. The molecule has 0 aliphatic carbocycles. The molecule has 3 aromatic rings. The Kier molecular flexibility index (Phi) is 5.30. The zero-order valence-corrected chi connectivity index (χ0v) is 14.7. The van der Waals surface area contributed by atoms with Crippen LogP contribution in [0.1, 0.15) is 16.1 Å². The number of carbonyl (C=O) groups is 1. The third kappa shape index (κ3) is 4.20. The predicted octanol–water partition coefficient (Wildman–Crippen LogP) is 4.67. The molecule has 0 aliphatic rings. The molecule has 0 saturated carbocycles. The zero-order valence-electron chi connectivity index (χ0n) is 14.7. The molecule has 1 aromatic heterocycles. The number of hydrogen-bond acceptors (Lipinski definition) is 4. The highest BCUT2D eigenvalue weighted by atomic mass is 19.1. The molecular weight excluding hydrogens is 352 g/mol. The van der Waals surface area contributed by atoms with Gasteiger partial charge in [0.1, 0.15) is 28.8 Å². The topological polar surface area (TPSA) is 63.2 Å². The smallest absolute Gasteiger partial charge is 0.274 e. The standard InChI is InChI=1S/C20H17F2N3O2/c1-12-6-7-18(27-2)16(10-12)24-13-8-9-23-17(11-13)20(26)25-19-14(21)4-3-5-15(19)22/h3-11H,1-2H3,(H,23,24)(H,25,26). The van der Waals surface area contributed by atoms with Crippen molar-refractivity contribution < 1.29 is 18.3 Å². The minimum Gasteiger partial charge on any atom is -0.495 e. The van der Waals surface area contributed by atoms with Crippen molar-refractivity contribution in [1.29, 1.82) is 0 Å². The molecule has 2 aromatic carbocycles. The minimum atomic E-state index is -0.859. The second kappa shape index (κ2) is 7.82. The third-order valence-corrected chi connectivity index (χ3v) is 3.83. The first-order chi connectivity index (χ1) is 13.0. The summed E-state index contributed by atoms with van der Waals surface area (Å²) < 4.78 is 32.7. The predicted molar refractivity (Wildman–Crippen MR) is 99.6 cm³/mol. The lowest BCUT2D eigenvalue weighted by Crippen LogP contribution is -2.16. The van der Waals surface area contributed by atoms with Gasteiger partial charge in [0.15, 0.2) is 0 Å². The van der Waals surface area contributed by atoms with E-state index in [2.05, 4.69) is 15.6 Å². The van der Waals surface area contributed by atoms with Gasteiger partial charge in [-0.1, -0.05) is 12.1 Å². The molecule has 7 heteroatoms. The maximum Gasteiger partial charge on any atom is 0.274 e. The number of benzene rings is 2. The van der Waals surface area contributed by atoms with Crippen molar-refractivity contribution >= 4 is 23.0 Å². The van der Waals surface area contributed by atoms with E-state index in [1.807, 2.05) is 25.1 Å². The molecule has 3 rings (SSSR count). The van der Waals surface area contributed by atoms with E-state index in [0.717, 1.165) is 23.4 Å². The van der Waals surface area contributed by atoms with E-state index in [1.165, 1.54) is 18.3 Å². The Morgan fingerprint density at radius 2 is 1.81 bits per heavy atom. The number of anilines is 3. The lowest BCUT2D eigenvalue weighted by Gasteiger charge is -2.13. The van der Waals surface area contributed by atoms with Crippen LogP contribution in [0.2, 0.25) is 0 Å². The van der Waals surface area contributed by atoms with Gasteiger partial charge in [-0.15, -0.1) is 0 Å². The Hall–Kier alpha value is -3.48. The fourth-order valence-electron chi connectivity index (χ4n) is 2.50. The largest absolute Gasteiger partial charge is 0.495 e. The number of ether oxygens (including phenoxy) is 1. The van der Waals surface area contributed by atoms with Crippen molar-refractivity contribution in [2.45, 2.75) is 6.92 Å². The van der Waals surface area contributed by atoms with Gasteiger partial charge < -0.3 is 15.4 Å². The van der Waals surface area contributed by atoms with Crippen LogP contribution in [0.25, 0.3) is 0 Å². The van der Waals surface area contributed by atoms with E-state index in [9.17, 15) is 13.6 Å². The SMILES string of the molecule is COc1ccc(C)cc1Nc1ccnc(C(=O)Nc2c(F)cccc2F)c1. The van der Waals surface area contributed by atoms with Crippen molar-refractivity contribution in [3.63, 3.8) is 0 Å². The van der Waals surface area contributed by atoms with Crippen LogP contribution in [0, 0.1) is 18.6 Å². The Morgan fingerprint density at radius 3 is 2.52 bits per heavy atom. The second-order valence-electron chi connectivity index (χ2n) is 5.81. The van der Waals surface area contributed by atoms with Gasteiger partial charge in [-0.25, -0.2) is 8.78 Å². The number of para-hydroxylation sites is 1. The minimum absolute atomic E-state index is 0.00859. The number of halogens is 2. The molecule has 0 fully saturated rings. The summed E-state index contributed by atoms with van der Waals surface area (Å²) in [4.78, 5) is 16.3. The summed E-state index contributed by atoms with van der Waals surface area (Å²) in [6.45, 7) is 1.94. The van der Waals surface area contributed by atoms with Crippen LogP contribution in [0.5, 0.6) is 5.75 Å². The summed E-state index contributed by atoms with van der Waals surface area (Å²) in [6, 6.07) is 12.1. The summed E-state index contributed by atoms with van der Waals surface area (Å²) >= 11 is 0. The average Bonchev–Trinajstić information content (AvgIpc) is 2.65. The Labute approximate surface area is 155 Å². The number of nitrogens with zero attached hydrogens (tertiary/aromatic N) is 1. The van der Waals surface area contributed by atoms with Crippen LogP contribution in [0.4, 0.5) is 25.8 Å². The highest BCUT2D eigenvalue weighted by molar-refractivity contribution is 6.03.